The molecule has 19 heavy (non-hydrogen) atoms. The highest BCUT2D eigenvalue weighted by Gasteiger charge is 1.98. The highest BCUT2D eigenvalue weighted by Crippen LogP contribution is 2.03. The number of nitrogens with two attached hydrogens (primary N) is 1. The molecule has 1 aromatic carbocycles. The number of benzene rings is 1. The standard InChI is InChI=1S/C14H21N3O2/c1-2-3-9-19-10-8-16-11-12-4-6-13(7-5-12)14(15)17-18/h2,4-7,16,18H,1,3,8-11H2,(H2,15,17). The highest BCUT2D eigenvalue weighted by molar-refractivity contribution is 5.96. The molecule has 4 N–H and O–H groups in total. The van der Waals surface area contributed by atoms with E-state index in [4.69, 9.17) is 15.7 Å². The first kappa shape index (κ1) is 15.2. The molecule has 0 aliphatic rings. The van der Waals surface area contributed by atoms with Crippen LogP contribution in [-0.4, -0.2) is 30.8 Å². The Kier molecular flexibility index (Phi) is 7.31. The van der Waals surface area contributed by atoms with E-state index in [1.807, 2.05) is 30.3 Å². The number of hydrogen-bond donors (Lipinski definition) is 3. The Hall–Kier alpha value is -1.85. The van der Waals surface area contributed by atoms with Crippen molar-refractivity contribution >= 4 is 5.84 Å². The van der Waals surface area contributed by atoms with Gasteiger partial charge in [-0.15, -0.1) is 6.58 Å². The van der Waals surface area contributed by atoms with Crippen LogP contribution in [0.4, 0.5) is 0 Å². The van der Waals surface area contributed by atoms with Crippen molar-refractivity contribution in [3.05, 3.63) is 48.0 Å². The quantitative estimate of drug-likeness (QED) is 0.157. The van der Waals surface area contributed by atoms with Gasteiger partial charge in [0.2, 0.25) is 0 Å². The van der Waals surface area contributed by atoms with Gasteiger partial charge in [-0.2, -0.15) is 0 Å². The van der Waals surface area contributed by atoms with E-state index in [2.05, 4.69) is 17.1 Å². The molecule has 5 heteroatoms. The maximum Gasteiger partial charge on any atom is 0.170 e. The van der Waals surface area contributed by atoms with Crippen LogP contribution in [0.15, 0.2) is 42.1 Å². The predicted octanol–water partition coefficient (Wildman–Crippen LogP) is 1.46. The van der Waals surface area contributed by atoms with Crippen molar-refractivity contribution in [1.29, 1.82) is 0 Å². The second kappa shape index (κ2) is 9.13. The van der Waals surface area contributed by atoms with Crippen molar-refractivity contribution in [2.45, 2.75) is 13.0 Å². The van der Waals surface area contributed by atoms with Gasteiger partial charge in [-0.05, 0) is 12.0 Å². The lowest BCUT2D eigenvalue weighted by Crippen LogP contribution is -2.19. The lowest BCUT2D eigenvalue weighted by atomic mass is 10.1. The van der Waals surface area contributed by atoms with Gasteiger partial charge in [0.25, 0.3) is 0 Å². The van der Waals surface area contributed by atoms with Crippen LogP contribution in [0.1, 0.15) is 17.5 Å². The SMILES string of the molecule is C=CCCOCCNCc1ccc(/C(N)=N\O)cc1. The fraction of sp³-hybridized carbons (Fsp3) is 0.357. The number of oxime groups is 1. The average molecular weight is 263 g/mol. The maximum atomic E-state index is 8.55. The zero-order valence-corrected chi connectivity index (χ0v) is 11.0. The summed E-state index contributed by atoms with van der Waals surface area (Å²) in [5.74, 6) is 0.120. The Morgan fingerprint density at radius 1 is 1.37 bits per heavy atom. The van der Waals surface area contributed by atoms with Crippen molar-refractivity contribution in [2.24, 2.45) is 10.9 Å². The number of rotatable bonds is 9. The zero-order valence-electron chi connectivity index (χ0n) is 11.0. The van der Waals surface area contributed by atoms with Crippen LogP contribution < -0.4 is 11.1 Å². The van der Waals surface area contributed by atoms with E-state index in [0.717, 1.165) is 31.7 Å². The second-order valence-electron chi connectivity index (χ2n) is 4.05. The first-order chi connectivity index (χ1) is 9.27. The van der Waals surface area contributed by atoms with Crippen LogP contribution in [0, 0.1) is 0 Å². The summed E-state index contributed by atoms with van der Waals surface area (Å²) in [5, 5.41) is 14.8. The van der Waals surface area contributed by atoms with Gasteiger partial charge >= 0.3 is 0 Å². The number of hydrogen-bond acceptors (Lipinski definition) is 4. The van der Waals surface area contributed by atoms with Crippen LogP contribution in [0.2, 0.25) is 0 Å². The molecule has 1 aromatic rings. The number of nitrogens with zero attached hydrogens (tertiary/aromatic N) is 1. The molecule has 0 radical (unpaired) electrons. The number of amidine groups is 1. The summed E-state index contributed by atoms with van der Waals surface area (Å²) >= 11 is 0. The van der Waals surface area contributed by atoms with Crippen molar-refractivity contribution in [2.75, 3.05) is 19.8 Å². The molecule has 1 rings (SSSR count). The monoisotopic (exact) mass is 263 g/mol. The Morgan fingerprint density at radius 3 is 2.74 bits per heavy atom. The lowest BCUT2D eigenvalue weighted by molar-refractivity contribution is 0.140. The third-order valence-corrected chi connectivity index (χ3v) is 2.58. The Bertz CT molecular complexity index is 402. The molecule has 104 valence electrons. The molecule has 5 nitrogen and oxygen atoms in total. The molecule has 0 aromatic heterocycles. The minimum atomic E-state index is 0.120. The summed E-state index contributed by atoms with van der Waals surface area (Å²) in [5.41, 5.74) is 7.33. The van der Waals surface area contributed by atoms with Gasteiger partial charge in [-0.3, -0.25) is 0 Å². The maximum absolute atomic E-state index is 8.55. The average Bonchev–Trinajstić information content (AvgIpc) is 2.46. The molecule has 0 saturated carbocycles. The Morgan fingerprint density at radius 2 is 2.11 bits per heavy atom. The van der Waals surface area contributed by atoms with Crippen molar-refractivity contribution in [1.82, 2.24) is 5.32 Å². The molecule has 0 amide bonds. The largest absolute Gasteiger partial charge is 0.409 e. The fourth-order valence-corrected chi connectivity index (χ4v) is 1.50. The second-order valence-corrected chi connectivity index (χ2v) is 4.05. The van der Waals surface area contributed by atoms with E-state index < -0.39 is 0 Å². The van der Waals surface area contributed by atoms with E-state index in [0.29, 0.717) is 12.2 Å². The molecular weight excluding hydrogens is 242 g/mol. The third kappa shape index (κ3) is 6.03. The summed E-state index contributed by atoms with van der Waals surface area (Å²) in [7, 11) is 0. The van der Waals surface area contributed by atoms with Crippen molar-refractivity contribution < 1.29 is 9.94 Å². The van der Waals surface area contributed by atoms with Gasteiger partial charge < -0.3 is 21.0 Å². The Labute approximate surface area is 113 Å². The van der Waals surface area contributed by atoms with Gasteiger partial charge in [0.15, 0.2) is 5.84 Å². The predicted molar refractivity (Wildman–Crippen MR) is 76.3 cm³/mol. The summed E-state index contributed by atoms with van der Waals surface area (Å²) in [6.45, 7) is 6.61. The molecule has 0 atom stereocenters. The molecule has 0 aliphatic heterocycles. The third-order valence-electron chi connectivity index (χ3n) is 2.58. The molecule has 0 saturated heterocycles. The van der Waals surface area contributed by atoms with Gasteiger partial charge in [0.1, 0.15) is 0 Å². The summed E-state index contributed by atoms with van der Waals surface area (Å²) in [6.07, 6.45) is 2.73. The molecular formula is C14H21N3O2. The normalized spacial score (nSPS) is 11.5. The molecule has 0 fully saturated rings. The topological polar surface area (TPSA) is 79.9 Å². The van der Waals surface area contributed by atoms with Gasteiger partial charge in [-0.25, -0.2) is 0 Å². The summed E-state index contributed by atoms with van der Waals surface area (Å²) < 4.78 is 5.38. The minimum absolute atomic E-state index is 0.120. The van der Waals surface area contributed by atoms with Crippen molar-refractivity contribution in [3.8, 4) is 0 Å². The van der Waals surface area contributed by atoms with Crippen molar-refractivity contribution in [3.63, 3.8) is 0 Å². The van der Waals surface area contributed by atoms with E-state index in [1.165, 1.54) is 0 Å². The van der Waals surface area contributed by atoms with Gasteiger partial charge in [0.05, 0.1) is 13.2 Å². The van der Waals surface area contributed by atoms with Gasteiger partial charge in [0, 0.05) is 18.7 Å². The van der Waals surface area contributed by atoms with E-state index in [-0.39, 0.29) is 5.84 Å². The molecule has 0 bridgehead atoms. The van der Waals surface area contributed by atoms with Crippen LogP contribution >= 0.6 is 0 Å². The summed E-state index contributed by atoms with van der Waals surface area (Å²) in [4.78, 5) is 0. The molecule has 0 aliphatic carbocycles. The van der Waals surface area contributed by atoms with Crippen LogP contribution in [0.25, 0.3) is 0 Å². The van der Waals surface area contributed by atoms with Crippen LogP contribution in [-0.2, 0) is 11.3 Å². The molecule has 0 spiro atoms. The molecule has 0 heterocycles. The highest BCUT2D eigenvalue weighted by atomic mass is 16.5. The Balaban J connectivity index is 2.21. The van der Waals surface area contributed by atoms with Crippen LogP contribution in [0.5, 0.6) is 0 Å². The van der Waals surface area contributed by atoms with E-state index in [9.17, 15) is 0 Å². The number of nitrogens with one attached hydrogen (secondary N) is 1. The lowest BCUT2D eigenvalue weighted by Gasteiger charge is -2.06. The number of ether oxygens (including phenoxy) is 1. The van der Waals surface area contributed by atoms with E-state index >= 15 is 0 Å². The zero-order chi connectivity index (χ0) is 13.9. The smallest absolute Gasteiger partial charge is 0.170 e. The first-order valence-electron chi connectivity index (χ1n) is 6.24. The summed E-state index contributed by atoms with van der Waals surface area (Å²) in [6, 6.07) is 7.54. The fourth-order valence-electron chi connectivity index (χ4n) is 1.50. The van der Waals surface area contributed by atoms with Crippen LogP contribution in [0.3, 0.4) is 0 Å². The van der Waals surface area contributed by atoms with Gasteiger partial charge in [-0.1, -0.05) is 35.5 Å². The van der Waals surface area contributed by atoms with E-state index in [1.54, 1.807) is 0 Å². The first-order valence-corrected chi connectivity index (χ1v) is 6.24. The minimum Gasteiger partial charge on any atom is -0.409 e. The molecule has 0 unspecified atom stereocenters.